The Hall–Kier alpha value is -2.76. The Morgan fingerprint density at radius 3 is 2.29 bits per heavy atom. The molecule has 2 aromatic rings. The molecule has 0 heterocycles. The molecular formula is C22H26F2N2O2. The Kier molecular flexibility index (Phi) is 8.11. The van der Waals surface area contributed by atoms with Crippen LogP contribution in [0.3, 0.4) is 0 Å². The number of hydrogen-bond donors (Lipinski definition) is 2. The highest BCUT2D eigenvalue weighted by atomic mass is 19.1. The van der Waals surface area contributed by atoms with E-state index in [2.05, 4.69) is 10.6 Å². The molecule has 1 unspecified atom stereocenters. The van der Waals surface area contributed by atoms with E-state index in [4.69, 9.17) is 0 Å². The quantitative estimate of drug-likeness (QED) is 0.684. The summed E-state index contributed by atoms with van der Waals surface area (Å²) in [4.78, 5) is 24.1. The van der Waals surface area contributed by atoms with Crippen LogP contribution in [0.15, 0.2) is 48.5 Å². The van der Waals surface area contributed by atoms with Crippen molar-refractivity contribution in [1.82, 2.24) is 10.6 Å². The summed E-state index contributed by atoms with van der Waals surface area (Å²) in [7, 11) is 0. The molecule has 2 rings (SSSR count). The third kappa shape index (κ3) is 7.47. The van der Waals surface area contributed by atoms with Gasteiger partial charge in [-0.05, 0) is 54.2 Å². The van der Waals surface area contributed by atoms with Crippen molar-refractivity contribution in [3.8, 4) is 0 Å². The van der Waals surface area contributed by atoms with Crippen LogP contribution in [0.2, 0.25) is 0 Å². The number of hydrogen-bond acceptors (Lipinski definition) is 2. The normalized spacial score (nSPS) is 11.9. The van der Waals surface area contributed by atoms with Gasteiger partial charge in [-0.25, -0.2) is 8.78 Å². The minimum atomic E-state index is -0.544. The molecule has 150 valence electrons. The predicted octanol–water partition coefficient (Wildman–Crippen LogP) is 3.92. The zero-order valence-electron chi connectivity index (χ0n) is 16.2. The van der Waals surface area contributed by atoms with Crippen LogP contribution in [0.5, 0.6) is 0 Å². The van der Waals surface area contributed by atoms with Gasteiger partial charge in [-0.2, -0.15) is 0 Å². The van der Waals surface area contributed by atoms with E-state index in [-0.39, 0.29) is 24.2 Å². The van der Waals surface area contributed by atoms with Crippen molar-refractivity contribution >= 4 is 11.8 Å². The van der Waals surface area contributed by atoms with E-state index in [0.29, 0.717) is 29.9 Å². The minimum Gasteiger partial charge on any atom is -0.347 e. The molecule has 0 bridgehead atoms. The van der Waals surface area contributed by atoms with E-state index >= 15 is 0 Å². The molecule has 0 aliphatic heterocycles. The van der Waals surface area contributed by atoms with Gasteiger partial charge in [0.15, 0.2) is 0 Å². The number of rotatable bonds is 9. The van der Waals surface area contributed by atoms with Crippen LogP contribution < -0.4 is 10.6 Å². The molecule has 0 aliphatic carbocycles. The Labute approximate surface area is 164 Å². The first-order chi connectivity index (χ1) is 13.3. The molecular weight excluding hydrogens is 362 g/mol. The van der Waals surface area contributed by atoms with Gasteiger partial charge in [-0.15, -0.1) is 0 Å². The van der Waals surface area contributed by atoms with Crippen LogP contribution in [0.25, 0.3) is 0 Å². The smallest absolute Gasteiger partial charge is 0.239 e. The molecule has 0 radical (unpaired) electrons. The number of carbonyl (C=O) groups excluding carboxylic acids is 2. The molecule has 2 amide bonds. The van der Waals surface area contributed by atoms with Gasteiger partial charge < -0.3 is 10.6 Å². The van der Waals surface area contributed by atoms with Crippen LogP contribution >= 0.6 is 0 Å². The van der Waals surface area contributed by atoms with Gasteiger partial charge in [0.2, 0.25) is 11.8 Å². The first kappa shape index (κ1) is 21.5. The van der Waals surface area contributed by atoms with Crippen LogP contribution in [-0.2, 0) is 16.0 Å². The fraction of sp³-hybridized carbons (Fsp3) is 0.364. The first-order valence-corrected chi connectivity index (χ1v) is 9.39. The van der Waals surface area contributed by atoms with Gasteiger partial charge in [-0.3, -0.25) is 9.59 Å². The molecule has 0 saturated carbocycles. The van der Waals surface area contributed by atoms with Gasteiger partial charge in [0, 0.05) is 6.42 Å². The average Bonchev–Trinajstić information content (AvgIpc) is 2.64. The second kappa shape index (κ2) is 10.5. The maximum absolute atomic E-state index is 13.6. The molecule has 4 nitrogen and oxygen atoms in total. The fourth-order valence-electron chi connectivity index (χ4n) is 2.81. The second-order valence-corrected chi connectivity index (χ2v) is 7.22. The number of halogens is 2. The largest absolute Gasteiger partial charge is 0.347 e. The van der Waals surface area contributed by atoms with Crippen LogP contribution in [0.1, 0.15) is 43.9 Å². The van der Waals surface area contributed by atoms with Crippen LogP contribution in [-0.4, -0.2) is 18.4 Å². The van der Waals surface area contributed by atoms with Gasteiger partial charge >= 0.3 is 0 Å². The summed E-state index contributed by atoms with van der Waals surface area (Å²) in [6.45, 7) is 3.89. The lowest BCUT2D eigenvalue weighted by atomic mass is 9.98. The maximum Gasteiger partial charge on any atom is 0.239 e. The van der Waals surface area contributed by atoms with Crippen molar-refractivity contribution in [2.45, 2.75) is 39.2 Å². The predicted molar refractivity (Wildman–Crippen MR) is 104 cm³/mol. The monoisotopic (exact) mass is 388 g/mol. The van der Waals surface area contributed by atoms with Crippen LogP contribution in [0, 0.1) is 17.6 Å². The summed E-state index contributed by atoms with van der Waals surface area (Å²) in [5.74, 6) is -0.958. The molecule has 2 N–H and O–H groups in total. The topological polar surface area (TPSA) is 58.2 Å². The Morgan fingerprint density at radius 2 is 1.64 bits per heavy atom. The summed E-state index contributed by atoms with van der Waals surface area (Å²) in [5.41, 5.74) is 1.25. The Bertz CT molecular complexity index is 809. The van der Waals surface area contributed by atoms with Crippen LogP contribution in [0.4, 0.5) is 8.78 Å². The van der Waals surface area contributed by atoms with Gasteiger partial charge in [0.05, 0.1) is 12.6 Å². The number of amides is 2. The molecule has 0 spiro atoms. The maximum atomic E-state index is 13.6. The first-order valence-electron chi connectivity index (χ1n) is 9.39. The van der Waals surface area contributed by atoms with E-state index in [1.54, 1.807) is 24.3 Å². The molecule has 0 aliphatic rings. The molecule has 28 heavy (non-hydrogen) atoms. The number of nitrogens with one attached hydrogen (secondary N) is 2. The van der Waals surface area contributed by atoms with E-state index in [1.807, 2.05) is 13.8 Å². The third-order valence-electron chi connectivity index (χ3n) is 4.31. The van der Waals surface area contributed by atoms with Crippen molar-refractivity contribution < 1.29 is 18.4 Å². The lowest BCUT2D eigenvalue weighted by Gasteiger charge is -2.20. The molecule has 0 saturated heterocycles. The summed E-state index contributed by atoms with van der Waals surface area (Å²) in [6.07, 6.45) is 1.41. The molecule has 0 aromatic heterocycles. The van der Waals surface area contributed by atoms with Crippen molar-refractivity contribution in [3.63, 3.8) is 0 Å². The summed E-state index contributed by atoms with van der Waals surface area (Å²) >= 11 is 0. The van der Waals surface area contributed by atoms with Gasteiger partial charge in [0.25, 0.3) is 0 Å². The average molecular weight is 388 g/mol. The standard InChI is InChI=1S/C22H26F2N2O2/c1-15(2)9-10-21(27)25-14-22(28)26-20(17-6-4-8-19(24)13-17)12-16-5-3-7-18(23)11-16/h3-8,11,13,15,20H,9-10,12,14H2,1-2H3,(H,25,27)(H,26,28). The van der Waals surface area contributed by atoms with E-state index in [1.165, 1.54) is 24.3 Å². The number of benzene rings is 2. The highest BCUT2D eigenvalue weighted by Gasteiger charge is 2.17. The molecule has 6 heteroatoms. The highest BCUT2D eigenvalue weighted by molar-refractivity contribution is 5.84. The summed E-state index contributed by atoms with van der Waals surface area (Å²) in [5, 5.41) is 5.40. The molecule has 1 atom stereocenters. The zero-order valence-corrected chi connectivity index (χ0v) is 16.2. The third-order valence-corrected chi connectivity index (χ3v) is 4.31. The summed E-state index contributed by atoms with van der Waals surface area (Å²) < 4.78 is 27.1. The lowest BCUT2D eigenvalue weighted by molar-refractivity contribution is -0.126. The summed E-state index contributed by atoms with van der Waals surface area (Å²) in [6, 6.07) is 11.4. The van der Waals surface area contributed by atoms with E-state index in [9.17, 15) is 18.4 Å². The van der Waals surface area contributed by atoms with Gasteiger partial charge in [-0.1, -0.05) is 38.1 Å². The number of carbonyl (C=O) groups is 2. The SMILES string of the molecule is CC(C)CCC(=O)NCC(=O)NC(Cc1cccc(F)c1)c1cccc(F)c1. The highest BCUT2D eigenvalue weighted by Crippen LogP contribution is 2.20. The molecule has 2 aromatic carbocycles. The Balaban J connectivity index is 2.03. The van der Waals surface area contributed by atoms with Crippen molar-refractivity contribution in [2.24, 2.45) is 5.92 Å². The lowest BCUT2D eigenvalue weighted by Crippen LogP contribution is -2.39. The molecule has 0 fully saturated rings. The fourth-order valence-corrected chi connectivity index (χ4v) is 2.81. The van der Waals surface area contributed by atoms with Crippen molar-refractivity contribution in [1.29, 1.82) is 0 Å². The van der Waals surface area contributed by atoms with Crippen molar-refractivity contribution in [2.75, 3.05) is 6.54 Å². The minimum absolute atomic E-state index is 0.161. The zero-order chi connectivity index (χ0) is 20.5. The van der Waals surface area contributed by atoms with Crippen molar-refractivity contribution in [3.05, 3.63) is 71.3 Å². The van der Waals surface area contributed by atoms with E-state index in [0.717, 1.165) is 6.42 Å². The Morgan fingerprint density at radius 1 is 0.964 bits per heavy atom. The van der Waals surface area contributed by atoms with Gasteiger partial charge in [0.1, 0.15) is 11.6 Å². The van der Waals surface area contributed by atoms with E-state index < -0.39 is 11.9 Å². The second-order valence-electron chi connectivity index (χ2n) is 7.22.